The molecule has 3 N–H and O–H groups in total. The highest BCUT2D eigenvalue weighted by Gasteiger charge is 2.41. The first kappa shape index (κ1) is 33.3. The lowest BCUT2D eigenvalue weighted by molar-refractivity contribution is -0.137. The van der Waals surface area contributed by atoms with Gasteiger partial charge in [-0.15, -0.1) is 0 Å². The van der Waals surface area contributed by atoms with E-state index in [1.54, 1.807) is 30.3 Å². The molecule has 12 heteroatoms. The fraction of sp³-hybridized carbons (Fsp3) is 0.312. The first-order chi connectivity index (χ1) is 21.0. The van der Waals surface area contributed by atoms with Gasteiger partial charge >= 0.3 is 6.18 Å². The summed E-state index contributed by atoms with van der Waals surface area (Å²) < 4.78 is 51.9. The summed E-state index contributed by atoms with van der Waals surface area (Å²) in [4.78, 5) is 28.4. The van der Waals surface area contributed by atoms with Crippen molar-refractivity contribution in [2.75, 3.05) is 26.8 Å². The molecule has 4 rings (SSSR count). The predicted molar refractivity (Wildman–Crippen MR) is 165 cm³/mol. The van der Waals surface area contributed by atoms with Crippen molar-refractivity contribution in [3.63, 3.8) is 0 Å². The number of ether oxygens (including phenoxy) is 2. The minimum Gasteiger partial charge on any atom is -0.497 e. The van der Waals surface area contributed by atoms with Crippen LogP contribution in [0.4, 0.5) is 13.2 Å². The van der Waals surface area contributed by atoms with Crippen LogP contribution < -0.4 is 14.8 Å². The van der Waals surface area contributed by atoms with E-state index in [2.05, 4.69) is 27.9 Å². The summed E-state index contributed by atoms with van der Waals surface area (Å²) in [6.07, 6.45) is -5.16. The van der Waals surface area contributed by atoms with E-state index in [1.165, 1.54) is 18.1 Å². The third-order valence-electron chi connectivity index (χ3n) is 7.21. The van der Waals surface area contributed by atoms with Crippen LogP contribution in [-0.4, -0.2) is 72.0 Å². The highest BCUT2D eigenvalue weighted by atomic mass is 127. The lowest BCUT2D eigenvalue weighted by Crippen LogP contribution is -2.55. The molecule has 3 aromatic carbocycles. The lowest BCUT2D eigenvalue weighted by atomic mass is 9.87. The summed E-state index contributed by atoms with van der Waals surface area (Å²) in [5.74, 6) is -0.0450. The number of para-hydroxylation sites is 1. The Morgan fingerprint density at radius 1 is 1.07 bits per heavy atom. The molecule has 0 radical (unpaired) electrons. The Morgan fingerprint density at radius 2 is 1.80 bits per heavy atom. The van der Waals surface area contributed by atoms with Gasteiger partial charge in [0.1, 0.15) is 23.7 Å². The van der Waals surface area contributed by atoms with Crippen molar-refractivity contribution < 1.29 is 42.4 Å². The number of aliphatic hydroxyl groups excluding tert-OH is 2. The average Bonchev–Trinajstić information content (AvgIpc) is 3.02. The second-order valence-corrected chi connectivity index (χ2v) is 11.3. The Kier molecular flexibility index (Phi) is 11.3. The zero-order chi connectivity index (χ0) is 31.9. The second-order valence-electron chi connectivity index (χ2n) is 10.1. The third kappa shape index (κ3) is 8.30. The second kappa shape index (κ2) is 14.9. The molecule has 0 bridgehead atoms. The van der Waals surface area contributed by atoms with Crippen molar-refractivity contribution in [1.29, 1.82) is 0 Å². The number of hydrogen-bond donors (Lipinski definition) is 3. The van der Waals surface area contributed by atoms with Crippen molar-refractivity contribution in [2.24, 2.45) is 0 Å². The molecule has 0 aromatic heterocycles. The monoisotopic (exact) mass is 724 g/mol. The number of alkyl halides is 3. The number of benzene rings is 3. The molecular weight excluding hydrogens is 692 g/mol. The molecule has 0 heterocycles. The van der Waals surface area contributed by atoms with E-state index in [0.29, 0.717) is 17.9 Å². The SMILES string of the molecule is COc1cccc(CCN(C(=O)c2ccc(C(F)(F)F)cc2)[C@@H]2CC(C(=O)NCCO)=C[C@H](Oc3ccccc3I)[C@H]2O)c1. The number of carbonyl (C=O) groups excluding carboxylic acids is 2. The molecule has 1 aliphatic rings. The summed E-state index contributed by atoms with van der Waals surface area (Å²) in [6, 6.07) is 17.2. The van der Waals surface area contributed by atoms with Crippen molar-refractivity contribution in [3.05, 3.63) is 105 Å². The van der Waals surface area contributed by atoms with Gasteiger partial charge in [0.2, 0.25) is 5.91 Å². The molecule has 0 unspecified atom stereocenters. The molecule has 0 fully saturated rings. The Labute approximate surface area is 266 Å². The van der Waals surface area contributed by atoms with Gasteiger partial charge in [-0.2, -0.15) is 13.2 Å². The molecule has 44 heavy (non-hydrogen) atoms. The number of methoxy groups -OCH3 is 1. The predicted octanol–water partition coefficient (Wildman–Crippen LogP) is 4.62. The summed E-state index contributed by atoms with van der Waals surface area (Å²) in [5.41, 5.74) is 0.150. The fourth-order valence-corrected chi connectivity index (χ4v) is 5.44. The normalized spacial score (nSPS) is 18.2. The highest BCUT2D eigenvalue weighted by molar-refractivity contribution is 14.1. The number of halogens is 4. The molecule has 3 aromatic rings. The molecule has 2 amide bonds. The number of rotatable bonds is 11. The van der Waals surface area contributed by atoms with Gasteiger partial charge in [-0.05, 0) is 89.2 Å². The van der Waals surface area contributed by atoms with E-state index in [9.17, 15) is 33.0 Å². The van der Waals surface area contributed by atoms with Crippen LogP contribution >= 0.6 is 22.6 Å². The van der Waals surface area contributed by atoms with Crippen LogP contribution in [0.3, 0.4) is 0 Å². The third-order valence-corrected chi connectivity index (χ3v) is 8.10. The highest BCUT2D eigenvalue weighted by Crippen LogP contribution is 2.32. The molecule has 0 saturated heterocycles. The van der Waals surface area contributed by atoms with E-state index in [0.717, 1.165) is 33.4 Å². The number of carbonyl (C=O) groups is 2. The van der Waals surface area contributed by atoms with Crippen LogP contribution in [0.1, 0.15) is 27.9 Å². The molecule has 1 aliphatic carbocycles. The van der Waals surface area contributed by atoms with E-state index in [4.69, 9.17) is 9.47 Å². The first-order valence-corrected chi connectivity index (χ1v) is 14.9. The van der Waals surface area contributed by atoms with Gasteiger partial charge in [-0.1, -0.05) is 24.3 Å². The van der Waals surface area contributed by atoms with Crippen molar-refractivity contribution >= 4 is 34.4 Å². The first-order valence-electron chi connectivity index (χ1n) is 13.8. The topological polar surface area (TPSA) is 108 Å². The molecule has 0 aliphatic heterocycles. The van der Waals surface area contributed by atoms with E-state index < -0.39 is 41.8 Å². The molecule has 8 nitrogen and oxygen atoms in total. The van der Waals surface area contributed by atoms with E-state index in [1.807, 2.05) is 18.2 Å². The minimum absolute atomic E-state index is 0.00442. The van der Waals surface area contributed by atoms with Gasteiger partial charge in [0.05, 0.1) is 28.9 Å². The average molecular weight is 725 g/mol. The van der Waals surface area contributed by atoms with Crippen LogP contribution in [-0.2, 0) is 17.4 Å². The van der Waals surface area contributed by atoms with Crippen molar-refractivity contribution in [1.82, 2.24) is 10.2 Å². The van der Waals surface area contributed by atoms with Gasteiger partial charge in [0.15, 0.2) is 0 Å². The quantitative estimate of drug-likeness (QED) is 0.250. The minimum atomic E-state index is -4.58. The summed E-state index contributed by atoms with van der Waals surface area (Å²) in [7, 11) is 1.53. The van der Waals surface area contributed by atoms with Crippen molar-refractivity contribution in [2.45, 2.75) is 37.3 Å². The molecular formula is C32H32F3IN2O6. The number of nitrogens with one attached hydrogen (secondary N) is 1. The van der Waals surface area contributed by atoms with Crippen LogP contribution in [0, 0.1) is 3.57 Å². The van der Waals surface area contributed by atoms with Gasteiger partial charge in [-0.25, -0.2) is 0 Å². The van der Waals surface area contributed by atoms with Crippen LogP contribution in [0.25, 0.3) is 0 Å². The van der Waals surface area contributed by atoms with E-state index >= 15 is 0 Å². The number of nitrogens with zero attached hydrogens (tertiary/aromatic N) is 1. The summed E-state index contributed by atoms with van der Waals surface area (Å²) in [6.45, 7) is -0.225. The number of amides is 2. The van der Waals surface area contributed by atoms with Gasteiger partial charge in [0.25, 0.3) is 5.91 Å². The maximum atomic E-state index is 14.0. The zero-order valence-electron chi connectivity index (χ0n) is 23.8. The standard InChI is InChI=1S/C32H32F3IN2O6/c1-43-24-6-4-5-20(17-24)13-15-38(31(42)21-9-11-23(12-10-21)32(33,34)35)26-18-22(30(41)37-14-16-39)19-28(29(26)40)44-27-8-3-2-7-25(27)36/h2-12,17,19,26,28-29,39-40H,13-16,18H2,1H3,(H,37,41)/t26-,28+,29+/m1/s1. The van der Waals surface area contributed by atoms with Crippen LogP contribution in [0.2, 0.25) is 0 Å². The Balaban J connectivity index is 1.72. The van der Waals surface area contributed by atoms with Gasteiger partial charge in [0, 0.05) is 30.6 Å². The summed E-state index contributed by atoms with van der Waals surface area (Å²) in [5, 5.41) is 23.5. The van der Waals surface area contributed by atoms with Gasteiger partial charge < -0.3 is 29.9 Å². The molecule has 0 spiro atoms. The maximum absolute atomic E-state index is 14.0. The maximum Gasteiger partial charge on any atom is 0.416 e. The number of aliphatic hydroxyl groups is 2. The Hall–Kier alpha value is -3.62. The Morgan fingerprint density at radius 3 is 2.45 bits per heavy atom. The zero-order valence-corrected chi connectivity index (χ0v) is 25.9. The molecule has 0 saturated carbocycles. The summed E-state index contributed by atoms with van der Waals surface area (Å²) >= 11 is 2.08. The van der Waals surface area contributed by atoms with E-state index in [-0.39, 0.29) is 37.3 Å². The van der Waals surface area contributed by atoms with Crippen LogP contribution in [0.15, 0.2) is 84.4 Å². The smallest absolute Gasteiger partial charge is 0.416 e. The lowest BCUT2D eigenvalue weighted by Gasteiger charge is -2.40. The van der Waals surface area contributed by atoms with Crippen LogP contribution in [0.5, 0.6) is 11.5 Å². The largest absolute Gasteiger partial charge is 0.497 e. The molecule has 3 atom stereocenters. The fourth-order valence-electron chi connectivity index (χ4n) is 4.93. The van der Waals surface area contributed by atoms with Crippen molar-refractivity contribution in [3.8, 4) is 11.5 Å². The Bertz CT molecular complexity index is 1480. The molecule has 234 valence electrons. The number of hydrogen-bond acceptors (Lipinski definition) is 6. The van der Waals surface area contributed by atoms with Gasteiger partial charge in [-0.3, -0.25) is 9.59 Å².